The molecule has 1 aliphatic rings. The smallest absolute Gasteiger partial charge is 0.125 e. The number of anilines is 1. The highest BCUT2D eigenvalue weighted by Crippen LogP contribution is 2.27. The van der Waals surface area contributed by atoms with Crippen molar-refractivity contribution in [1.29, 1.82) is 0 Å². The van der Waals surface area contributed by atoms with E-state index < -0.39 is 0 Å². The fraction of sp³-hybridized carbons (Fsp3) is 0.571. The molecule has 1 fully saturated rings. The number of hydrogen-bond donors (Lipinski definition) is 1. The molecule has 1 saturated carbocycles. The first-order chi connectivity index (χ1) is 8.20. The number of rotatable bonds is 3. The molecule has 2 N–H and O–H groups in total. The fourth-order valence-corrected chi connectivity index (χ4v) is 2.63. The molecule has 2 nitrogen and oxygen atoms in total. The number of halogens is 1. The molecule has 0 heterocycles. The van der Waals surface area contributed by atoms with Gasteiger partial charge < -0.3 is 10.6 Å². The molecule has 0 aromatic heterocycles. The molecule has 3 heteroatoms. The van der Waals surface area contributed by atoms with E-state index in [1.807, 2.05) is 6.07 Å². The van der Waals surface area contributed by atoms with E-state index in [-0.39, 0.29) is 5.82 Å². The minimum Gasteiger partial charge on any atom is -0.372 e. The van der Waals surface area contributed by atoms with E-state index in [0.29, 0.717) is 12.6 Å². The normalized spacial score (nSPS) is 17.1. The van der Waals surface area contributed by atoms with Gasteiger partial charge in [0.05, 0.1) is 0 Å². The monoisotopic (exact) mass is 236 g/mol. The van der Waals surface area contributed by atoms with E-state index in [0.717, 1.165) is 11.3 Å². The predicted octanol–water partition coefficient (Wildman–Crippen LogP) is 3.05. The highest BCUT2D eigenvalue weighted by molar-refractivity contribution is 5.49. The second-order valence-corrected chi connectivity index (χ2v) is 4.92. The lowest BCUT2D eigenvalue weighted by atomic mass is 9.94. The molecule has 94 valence electrons. The maximum absolute atomic E-state index is 13.5. The molecule has 1 aromatic rings. The van der Waals surface area contributed by atoms with Crippen molar-refractivity contribution in [2.45, 2.75) is 44.7 Å². The number of nitrogens with zero attached hydrogens (tertiary/aromatic N) is 1. The van der Waals surface area contributed by atoms with Gasteiger partial charge in [0.25, 0.3) is 0 Å². The number of nitrogens with two attached hydrogens (primary N) is 1. The van der Waals surface area contributed by atoms with Crippen molar-refractivity contribution in [3.63, 3.8) is 0 Å². The van der Waals surface area contributed by atoms with Crippen LogP contribution >= 0.6 is 0 Å². The molecule has 0 aliphatic heterocycles. The van der Waals surface area contributed by atoms with Crippen LogP contribution in [0.5, 0.6) is 0 Å². The van der Waals surface area contributed by atoms with Gasteiger partial charge in [0, 0.05) is 25.3 Å². The zero-order valence-corrected chi connectivity index (χ0v) is 10.5. The maximum Gasteiger partial charge on any atom is 0.125 e. The molecule has 0 unspecified atom stereocenters. The summed E-state index contributed by atoms with van der Waals surface area (Å²) in [5.41, 5.74) is 7.40. The molecule has 0 amide bonds. The molecule has 1 aliphatic carbocycles. The molecule has 2 rings (SSSR count). The maximum atomic E-state index is 13.5. The van der Waals surface area contributed by atoms with Crippen LogP contribution in [0.15, 0.2) is 18.2 Å². The Morgan fingerprint density at radius 3 is 2.59 bits per heavy atom. The van der Waals surface area contributed by atoms with Gasteiger partial charge in [-0.05, 0) is 36.6 Å². The summed E-state index contributed by atoms with van der Waals surface area (Å²) in [6.45, 7) is 0.392. The van der Waals surface area contributed by atoms with Gasteiger partial charge in [0.1, 0.15) is 5.82 Å². The predicted molar refractivity (Wildman–Crippen MR) is 69.6 cm³/mol. The van der Waals surface area contributed by atoms with Crippen molar-refractivity contribution in [2.75, 3.05) is 11.9 Å². The van der Waals surface area contributed by atoms with Gasteiger partial charge in [0.15, 0.2) is 0 Å². The third kappa shape index (κ3) is 2.97. The van der Waals surface area contributed by atoms with E-state index in [1.54, 1.807) is 6.07 Å². The first-order valence-corrected chi connectivity index (χ1v) is 6.43. The van der Waals surface area contributed by atoms with Crippen LogP contribution in [-0.4, -0.2) is 13.1 Å². The molecular formula is C14H21FN2. The third-order valence-corrected chi connectivity index (χ3v) is 3.71. The zero-order valence-electron chi connectivity index (χ0n) is 10.5. The molecule has 0 spiro atoms. The van der Waals surface area contributed by atoms with Crippen LogP contribution in [0.4, 0.5) is 10.1 Å². The summed E-state index contributed by atoms with van der Waals surface area (Å²) in [5.74, 6) is -0.189. The van der Waals surface area contributed by atoms with Gasteiger partial charge in [-0.2, -0.15) is 0 Å². The molecule has 0 saturated heterocycles. The second kappa shape index (κ2) is 5.50. The molecule has 17 heavy (non-hydrogen) atoms. The van der Waals surface area contributed by atoms with E-state index in [1.165, 1.54) is 38.2 Å². The Morgan fingerprint density at radius 2 is 1.94 bits per heavy atom. The van der Waals surface area contributed by atoms with Crippen LogP contribution in [0.3, 0.4) is 0 Å². The Hall–Kier alpha value is -1.09. The van der Waals surface area contributed by atoms with Crippen LogP contribution in [0.25, 0.3) is 0 Å². The van der Waals surface area contributed by atoms with Gasteiger partial charge in [-0.15, -0.1) is 0 Å². The van der Waals surface area contributed by atoms with Crippen molar-refractivity contribution in [3.05, 3.63) is 29.6 Å². The highest BCUT2D eigenvalue weighted by atomic mass is 19.1. The second-order valence-electron chi connectivity index (χ2n) is 4.92. The summed E-state index contributed by atoms with van der Waals surface area (Å²) < 4.78 is 13.5. The lowest BCUT2D eigenvalue weighted by Gasteiger charge is -2.33. The Balaban J connectivity index is 2.17. The van der Waals surface area contributed by atoms with Gasteiger partial charge in [0.2, 0.25) is 0 Å². The minimum absolute atomic E-state index is 0.189. The average Bonchev–Trinajstić information content (AvgIpc) is 2.38. The number of benzene rings is 1. The van der Waals surface area contributed by atoms with Crippen molar-refractivity contribution < 1.29 is 4.39 Å². The summed E-state index contributed by atoms with van der Waals surface area (Å²) in [4.78, 5) is 2.21. The summed E-state index contributed by atoms with van der Waals surface area (Å²) in [5, 5.41) is 0. The van der Waals surface area contributed by atoms with Gasteiger partial charge in [-0.3, -0.25) is 0 Å². The molecule has 0 bridgehead atoms. The van der Waals surface area contributed by atoms with E-state index in [9.17, 15) is 4.39 Å². The average molecular weight is 236 g/mol. The van der Waals surface area contributed by atoms with Crippen molar-refractivity contribution in [3.8, 4) is 0 Å². The summed E-state index contributed by atoms with van der Waals surface area (Å²) in [6, 6.07) is 5.67. The lowest BCUT2D eigenvalue weighted by molar-refractivity contribution is 0.427. The van der Waals surface area contributed by atoms with Crippen molar-refractivity contribution >= 4 is 5.69 Å². The largest absolute Gasteiger partial charge is 0.372 e. The minimum atomic E-state index is -0.189. The van der Waals surface area contributed by atoms with Crippen molar-refractivity contribution in [1.82, 2.24) is 0 Å². The van der Waals surface area contributed by atoms with E-state index in [4.69, 9.17) is 5.73 Å². The topological polar surface area (TPSA) is 29.3 Å². The summed E-state index contributed by atoms with van der Waals surface area (Å²) in [7, 11) is 2.06. The van der Waals surface area contributed by atoms with Crippen LogP contribution in [0.1, 0.15) is 37.7 Å². The zero-order chi connectivity index (χ0) is 12.3. The Labute approximate surface area is 103 Å². The quantitative estimate of drug-likeness (QED) is 0.874. The Morgan fingerprint density at radius 1 is 1.24 bits per heavy atom. The SMILES string of the molecule is CN(c1cc(F)cc(CN)c1)C1CCCCC1. The Bertz CT molecular complexity index is 372. The van der Waals surface area contributed by atoms with Gasteiger partial charge in [-0.25, -0.2) is 4.39 Å². The summed E-state index contributed by atoms with van der Waals surface area (Å²) >= 11 is 0. The van der Waals surface area contributed by atoms with Crippen molar-refractivity contribution in [2.24, 2.45) is 5.73 Å². The lowest BCUT2D eigenvalue weighted by Crippen LogP contribution is -2.33. The fourth-order valence-electron chi connectivity index (χ4n) is 2.63. The molecule has 0 radical (unpaired) electrons. The van der Waals surface area contributed by atoms with E-state index >= 15 is 0 Å². The standard InChI is InChI=1S/C14H21FN2/c1-17(13-5-3-2-4-6-13)14-8-11(10-16)7-12(15)9-14/h7-9,13H,2-6,10,16H2,1H3. The van der Waals surface area contributed by atoms with Crippen LogP contribution < -0.4 is 10.6 Å². The molecule has 0 atom stereocenters. The number of hydrogen-bond acceptors (Lipinski definition) is 2. The highest BCUT2D eigenvalue weighted by Gasteiger charge is 2.18. The first-order valence-electron chi connectivity index (χ1n) is 6.43. The molecular weight excluding hydrogens is 215 g/mol. The molecule has 1 aromatic carbocycles. The van der Waals surface area contributed by atoms with Gasteiger partial charge in [-0.1, -0.05) is 19.3 Å². The van der Waals surface area contributed by atoms with Gasteiger partial charge >= 0.3 is 0 Å². The summed E-state index contributed by atoms with van der Waals surface area (Å²) in [6.07, 6.45) is 6.33. The van der Waals surface area contributed by atoms with E-state index in [2.05, 4.69) is 11.9 Å². The van der Waals surface area contributed by atoms with Crippen LogP contribution in [-0.2, 0) is 6.54 Å². The third-order valence-electron chi connectivity index (χ3n) is 3.71. The first kappa shape index (κ1) is 12.4. The van der Waals surface area contributed by atoms with Crippen LogP contribution in [0, 0.1) is 5.82 Å². The Kier molecular flexibility index (Phi) is 4.00. The van der Waals surface area contributed by atoms with Crippen LogP contribution in [0.2, 0.25) is 0 Å².